The number of fused-ring (bicyclic) bond motifs is 3. The standard InChI is InChI=1S/C18H16O4/c1-4-21-18(19)11(2)12-5-7-16-14(9-12)15-10-13(20-3)6-8-17(15)22-16/h5-10H,2,4H2,1,3H3. The minimum atomic E-state index is -0.410. The predicted octanol–water partition coefficient (Wildman–Crippen LogP) is 4.17. The van der Waals surface area contributed by atoms with E-state index < -0.39 is 5.97 Å². The molecule has 112 valence electrons. The smallest absolute Gasteiger partial charge is 0.338 e. The molecule has 2 aromatic carbocycles. The van der Waals surface area contributed by atoms with Crippen LogP contribution in [0, 0.1) is 0 Å². The van der Waals surface area contributed by atoms with Gasteiger partial charge in [0.2, 0.25) is 0 Å². The first-order valence-corrected chi connectivity index (χ1v) is 7.00. The minimum Gasteiger partial charge on any atom is -0.497 e. The quantitative estimate of drug-likeness (QED) is 0.535. The van der Waals surface area contributed by atoms with Crippen molar-refractivity contribution in [3.63, 3.8) is 0 Å². The molecular weight excluding hydrogens is 280 g/mol. The fourth-order valence-corrected chi connectivity index (χ4v) is 2.41. The Labute approximate surface area is 127 Å². The molecule has 22 heavy (non-hydrogen) atoms. The van der Waals surface area contributed by atoms with E-state index in [2.05, 4.69) is 6.58 Å². The summed E-state index contributed by atoms with van der Waals surface area (Å²) in [7, 11) is 1.62. The highest BCUT2D eigenvalue weighted by molar-refractivity contribution is 6.17. The highest BCUT2D eigenvalue weighted by Crippen LogP contribution is 2.33. The van der Waals surface area contributed by atoms with E-state index >= 15 is 0 Å². The largest absolute Gasteiger partial charge is 0.497 e. The molecule has 0 aliphatic carbocycles. The van der Waals surface area contributed by atoms with E-state index in [-0.39, 0.29) is 0 Å². The molecule has 0 saturated heterocycles. The maximum atomic E-state index is 11.8. The van der Waals surface area contributed by atoms with Crippen molar-refractivity contribution in [3.05, 3.63) is 48.5 Å². The summed E-state index contributed by atoms with van der Waals surface area (Å²) >= 11 is 0. The van der Waals surface area contributed by atoms with Crippen molar-refractivity contribution in [2.45, 2.75) is 6.92 Å². The highest BCUT2D eigenvalue weighted by atomic mass is 16.5. The van der Waals surface area contributed by atoms with Crippen molar-refractivity contribution in [1.82, 2.24) is 0 Å². The molecule has 0 bridgehead atoms. The van der Waals surface area contributed by atoms with Gasteiger partial charge < -0.3 is 13.9 Å². The third kappa shape index (κ3) is 2.33. The second kappa shape index (κ2) is 5.56. The van der Waals surface area contributed by atoms with E-state index in [0.717, 1.165) is 33.3 Å². The van der Waals surface area contributed by atoms with Gasteiger partial charge in [0.25, 0.3) is 0 Å². The second-order valence-corrected chi connectivity index (χ2v) is 4.87. The zero-order chi connectivity index (χ0) is 15.7. The average Bonchev–Trinajstić information content (AvgIpc) is 2.91. The van der Waals surface area contributed by atoms with Crippen LogP contribution in [0.2, 0.25) is 0 Å². The molecule has 4 nitrogen and oxygen atoms in total. The second-order valence-electron chi connectivity index (χ2n) is 4.87. The lowest BCUT2D eigenvalue weighted by atomic mass is 10.0. The number of furan rings is 1. The Hall–Kier alpha value is -2.75. The molecule has 3 rings (SSSR count). The van der Waals surface area contributed by atoms with E-state index in [1.54, 1.807) is 20.1 Å². The lowest BCUT2D eigenvalue weighted by molar-refractivity contribution is -0.136. The molecule has 0 fully saturated rings. The molecule has 1 heterocycles. The molecule has 3 aromatic rings. The number of carbonyl (C=O) groups is 1. The van der Waals surface area contributed by atoms with Crippen molar-refractivity contribution in [3.8, 4) is 5.75 Å². The van der Waals surface area contributed by atoms with Crippen LogP contribution in [-0.4, -0.2) is 19.7 Å². The molecule has 0 unspecified atom stereocenters. The normalized spacial score (nSPS) is 10.8. The van der Waals surface area contributed by atoms with Gasteiger partial charge >= 0.3 is 5.97 Å². The van der Waals surface area contributed by atoms with Gasteiger partial charge in [-0.2, -0.15) is 0 Å². The van der Waals surface area contributed by atoms with Gasteiger partial charge in [-0.1, -0.05) is 12.6 Å². The summed E-state index contributed by atoms with van der Waals surface area (Å²) in [5.41, 5.74) is 2.58. The van der Waals surface area contributed by atoms with Gasteiger partial charge in [0.15, 0.2) is 0 Å². The number of esters is 1. The summed E-state index contributed by atoms with van der Waals surface area (Å²) < 4.78 is 16.0. The number of hydrogen-bond acceptors (Lipinski definition) is 4. The van der Waals surface area contributed by atoms with Gasteiger partial charge in [0.05, 0.1) is 19.3 Å². The minimum absolute atomic E-state index is 0.325. The average molecular weight is 296 g/mol. The molecule has 0 aliphatic heterocycles. The number of ether oxygens (including phenoxy) is 2. The first-order valence-electron chi connectivity index (χ1n) is 7.00. The Morgan fingerprint density at radius 3 is 2.50 bits per heavy atom. The van der Waals surface area contributed by atoms with E-state index in [1.165, 1.54) is 0 Å². The van der Waals surface area contributed by atoms with Crippen LogP contribution in [0.5, 0.6) is 5.75 Å². The van der Waals surface area contributed by atoms with Crippen LogP contribution in [-0.2, 0) is 9.53 Å². The molecule has 0 saturated carbocycles. The van der Waals surface area contributed by atoms with Crippen molar-refractivity contribution >= 4 is 33.5 Å². The Morgan fingerprint density at radius 1 is 1.14 bits per heavy atom. The maximum absolute atomic E-state index is 11.8. The van der Waals surface area contributed by atoms with Gasteiger partial charge in [-0.25, -0.2) is 4.79 Å². The molecule has 0 amide bonds. The number of hydrogen-bond donors (Lipinski definition) is 0. The van der Waals surface area contributed by atoms with Crippen LogP contribution in [0.25, 0.3) is 27.5 Å². The first-order chi connectivity index (χ1) is 10.6. The molecule has 0 aliphatic rings. The molecule has 1 aromatic heterocycles. The monoisotopic (exact) mass is 296 g/mol. The number of methoxy groups -OCH3 is 1. The van der Waals surface area contributed by atoms with Crippen LogP contribution < -0.4 is 4.74 Å². The lowest BCUT2D eigenvalue weighted by Gasteiger charge is -2.05. The van der Waals surface area contributed by atoms with Crippen LogP contribution in [0.1, 0.15) is 12.5 Å². The van der Waals surface area contributed by atoms with Gasteiger partial charge in [0, 0.05) is 10.8 Å². The van der Waals surface area contributed by atoms with Crippen LogP contribution in [0.3, 0.4) is 0 Å². The van der Waals surface area contributed by atoms with Crippen molar-refractivity contribution in [2.75, 3.05) is 13.7 Å². The molecule has 0 N–H and O–H groups in total. The summed E-state index contributed by atoms with van der Waals surface area (Å²) in [4.78, 5) is 11.8. The summed E-state index contributed by atoms with van der Waals surface area (Å²) in [6, 6.07) is 11.2. The van der Waals surface area contributed by atoms with Crippen molar-refractivity contribution in [1.29, 1.82) is 0 Å². The first kappa shape index (κ1) is 14.2. The van der Waals surface area contributed by atoms with Crippen LogP contribution in [0.15, 0.2) is 47.4 Å². The molecular formula is C18H16O4. The summed E-state index contributed by atoms with van der Waals surface area (Å²) in [6.45, 7) is 5.91. The van der Waals surface area contributed by atoms with Gasteiger partial charge in [-0.05, 0) is 42.8 Å². The predicted molar refractivity (Wildman–Crippen MR) is 85.9 cm³/mol. The van der Waals surface area contributed by atoms with Crippen molar-refractivity contribution < 1.29 is 18.7 Å². The van der Waals surface area contributed by atoms with Gasteiger partial charge in [-0.3, -0.25) is 0 Å². The van der Waals surface area contributed by atoms with E-state index in [1.807, 2.05) is 30.3 Å². The van der Waals surface area contributed by atoms with Crippen LogP contribution in [0.4, 0.5) is 0 Å². The van der Waals surface area contributed by atoms with E-state index in [4.69, 9.17) is 13.9 Å². The Morgan fingerprint density at radius 2 is 1.82 bits per heavy atom. The Bertz CT molecular complexity index is 873. The summed E-state index contributed by atoms with van der Waals surface area (Å²) in [6.07, 6.45) is 0. The zero-order valence-corrected chi connectivity index (χ0v) is 12.5. The fraction of sp³-hybridized carbons (Fsp3) is 0.167. The summed E-state index contributed by atoms with van der Waals surface area (Å²) in [5, 5.41) is 1.85. The molecule has 0 atom stereocenters. The maximum Gasteiger partial charge on any atom is 0.338 e. The van der Waals surface area contributed by atoms with Gasteiger partial charge in [0.1, 0.15) is 16.9 Å². The molecule has 4 heteroatoms. The van der Waals surface area contributed by atoms with Crippen molar-refractivity contribution in [2.24, 2.45) is 0 Å². The van der Waals surface area contributed by atoms with E-state index in [9.17, 15) is 4.79 Å². The zero-order valence-electron chi connectivity index (χ0n) is 12.5. The highest BCUT2D eigenvalue weighted by Gasteiger charge is 2.14. The Kier molecular flexibility index (Phi) is 3.59. The van der Waals surface area contributed by atoms with Gasteiger partial charge in [-0.15, -0.1) is 0 Å². The number of rotatable bonds is 4. The third-order valence-electron chi connectivity index (χ3n) is 3.55. The Balaban J connectivity index is 2.13. The fourth-order valence-electron chi connectivity index (χ4n) is 2.41. The molecule has 0 spiro atoms. The SMILES string of the molecule is C=C(C(=O)OCC)c1ccc2oc3ccc(OC)cc3c2c1. The number of carbonyl (C=O) groups excluding carboxylic acids is 1. The topological polar surface area (TPSA) is 48.7 Å². The lowest BCUT2D eigenvalue weighted by Crippen LogP contribution is -2.05. The molecule has 0 radical (unpaired) electrons. The van der Waals surface area contributed by atoms with Crippen LogP contribution >= 0.6 is 0 Å². The summed E-state index contributed by atoms with van der Waals surface area (Å²) in [5.74, 6) is 0.344. The van der Waals surface area contributed by atoms with E-state index in [0.29, 0.717) is 12.2 Å². The third-order valence-corrected chi connectivity index (χ3v) is 3.55. The number of benzene rings is 2.